The average Bonchev–Trinajstić information content (AvgIpc) is 3.78. The van der Waals surface area contributed by atoms with Crippen LogP contribution in [-0.2, 0) is 27.2 Å². The van der Waals surface area contributed by atoms with Crippen LogP contribution in [0, 0.1) is 17.0 Å². The molecule has 0 amide bonds. The normalized spacial score (nSPS) is 13.6. The second-order valence-corrected chi connectivity index (χ2v) is 9.66. The maximum atomic E-state index is 15.1. The summed E-state index contributed by atoms with van der Waals surface area (Å²) in [6.45, 7) is 0.644. The van der Waals surface area contributed by atoms with Gasteiger partial charge in [0.25, 0.3) is 5.88 Å². The van der Waals surface area contributed by atoms with Gasteiger partial charge in [-0.15, -0.1) is 0 Å². The van der Waals surface area contributed by atoms with E-state index in [1.54, 1.807) is 19.2 Å². The van der Waals surface area contributed by atoms with Crippen LogP contribution in [-0.4, -0.2) is 54.0 Å². The number of pyridine rings is 1. The number of rotatable bonds is 13. The average molecular weight is 564 g/mol. The Bertz CT molecular complexity index is 1590. The van der Waals surface area contributed by atoms with Crippen LogP contribution in [0.15, 0.2) is 54.9 Å². The number of methoxy groups -OCH3 is 2. The van der Waals surface area contributed by atoms with Crippen molar-refractivity contribution in [2.75, 3.05) is 27.4 Å². The molecule has 5 rings (SSSR count). The molecule has 0 unspecified atom stereocenters. The molecule has 1 aliphatic carbocycles. The Kier molecular flexibility index (Phi) is 8.16. The van der Waals surface area contributed by atoms with Crippen LogP contribution >= 0.6 is 0 Å². The van der Waals surface area contributed by atoms with Crippen LogP contribution < -0.4 is 14.2 Å². The molecule has 9 nitrogen and oxygen atoms in total. The molecule has 0 bridgehead atoms. The minimum atomic E-state index is -1.07. The fraction of sp³-hybridized carbons (Fsp3) is 0.300. The van der Waals surface area contributed by atoms with Crippen LogP contribution in [0.1, 0.15) is 24.0 Å². The summed E-state index contributed by atoms with van der Waals surface area (Å²) in [5, 5.41) is 0. The number of Topliss-reactive ketones (excluding diaryl/α,β-unsaturated/α-hetero) is 2. The molecule has 0 radical (unpaired) electrons. The van der Waals surface area contributed by atoms with Crippen LogP contribution in [0.2, 0.25) is 0 Å². The summed E-state index contributed by atoms with van der Waals surface area (Å²) in [4.78, 5) is 38.7. The van der Waals surface area contributed by atoms with Gasteiger partial charge in [-0.2, -0.15) is 4.98 Å². The van der Waals surface area contributed by atoms with E-state index in [0.717, 1.165) is 0 Å². The smallest absolute Gasteiger partial charge is 0.257 e. The molecular formula is C30H27F2N3O6. The maximum absolute atomic E-state index is 15.1. The highest BCUT2D eigenvalue weighted by Crippen LogP contribution is 2.49. The minimum absolute atomic E-state index is 0.00258. The topological polar surface area (TPSA) is 110 Å². The Hall–Kier alpha value is -4.51. The van der Waals surface area contributed by atoms with Gasteiger partial charge in [0.15, 0.2) is 34.4 Å². The standard InChI is InChI=1S/C30H27F2N3O6/c1-38-11-12-40-24-16-22-27(35-28(24)39-2)29(34-17-33-22)41-23-8-5-19(13-21(23)32)15-26(37)30(9-10-30)25(36)14-18-3-6-20(31)7-4-18/h3-8,13,16-17H,9-12,14-15H2,1-2H3. The van der Waals surface area contributed by atoms with Crippen LogP contribution in [0.25, 0.3) is 11.0 Å². The first-order chi connectivity index (χ1) is 19.8. The lowest BCUT2D eigenvalue weighted by Crippen LogP contribution is -2.28. The summed E-state index contributed by atoms with van der Waals surface area (Å²) < 4.78 is 50.0. The molecule has 0 atom stereocenters. The zero-order valence-corrected chi connectivity index (χ0v) is 22.5. The summed E-state index contributed by atoms with van der Waals surface area (Å²) in [5.41, 5.74) is 0.605. The molecule has 1 aliphatic rings. The van der Waals surface area contributed by atoms with Gasteiger partial charge in [0.1, 0.15) is 24.3 Å². The molecule has 0 aliphatic heterocycles. The first kappa shape index (κ1) is 28.0. The predicted molar refractivity (Wildman–Crippen MR) is 143 cm³/mol. The molecule has 1 fully saturated rings. The zero-order valence-electron chi connectivity index (χ0n) is 22.5. The molecule has 4 aromatic rings. The molecule has 0 spiro atoms. The summed E-state index contributed by atoms with van der Waals surface area (Å²) in [6, 6.07) is 11.4. The molecule has 2 aromatic heterocycles. The van der Waals surface area contributed by atoms with Crippen LogP contribution in [0.3, 0.4) is 0 Å². The molecule has 2 aromatic carbocycles. The van der Waals surface area contributed by atoms with Gasteiger partial charge in [0.05, 0.1) is 19.1 Å². The van der Waals surface area contributed by atoms with E-state index in [0.29, 0.717) is 41.8 Å². The quantitative estimate of drug-likeness (QED) is 0.167. The van der Waals surface area contributed by atoms with E-state index in [9.17, 15) is 14.0 Å². The summed E-state index contributed by atoms with van der Waals surface area (Å²) in [6.07, 6.45) is 2.10. The number of nitrogens with zero attached hydrogens (tertiary/aromatic N) is 3. The highest BCUT2D eigenvalue weighted by atomic mass is 19.1. The second-order valence-electron chi connectivity index (χ2n) is 9.66. The predicted octanol–water partition coefficient (Wildman–Crippen LogP) is 4.83. The van der Waals surface area contributed by atoms with Crippen molar-refractivity contribution in [3.63, 3.8) is 0 Å². The van der Waals surface area contributed by atoms with Crippen molar-refractivity contribution in [2.45, 2.75) is 25.7 Å². The van der Waals surface area contributed by atoms with Crippen molar-refractivity contribution < 1.29 is 37.3 Å². The Morgan fingerprint density at radius 3 is 2.22 bits per heavy atom. The van der Waals surface area contributed by atoms with Gasteiger partial charge in [-0.1, -0.05) is 18.2 Å². The number of aromatic nitrogens is 3. The van der Waals surface area contributed by atoms with Gasteiger partial charge in [0, 0.05) is 26.0 Å². The maximum Gasteiger partial charge on any atom is 0.257 e. The van der Waals surface area contributed by atoms with Gasteiger partial charge in [-0.3, -0.25) is 9.59 Å². The molecule has 0 saturated heterocycles. The van der Waals surface area contributed by atoms with Crippen molar-refractivity contribution in [2.24, 2.45) is 5.41 Å². The lowest BCUT2D eigenvalue weighted by atomic mass is 9.88. The van der Waals surface area contributed by atoms with Gasteiger partial charge in [-0.25, -0.2) is 18.7 Å². The number of fused-ring (bicyclic) bond motifs is 1. The van der Waals surface area contributed by atoms with E-state index in [1.165, 1.54) is 49.8 Å². The third-order valence-electron chi connectivity index (χ3n) is 6.91. The first-order valence-electron chi connectivity index (χ1n) is 12.9. The number of halogens is 2. The largest absolute Gasteiger partial charge is 0.485 e. The fourth-order valence-electron chi connectivity index (χ4n) is 4.48. The van der Waals surface area contributed by atoms with E-state index in [2.05, 4.69) is 15.0 Å². The number of ether oxygens (including phenoxy) is 4. The zero-order chi connectivity index (χ0) is 29.0. The third-order valence-corrected chi connectivity index (χ3v) is 6.91. The monoisotopic (exact) mass is 563 g/mol. The Morgan fingerprint density at radius 1 is 0.854 bits per heavy atom. The van der Waals surface area contributed by atoms with Gasteiger partial charge in [-0.05, 0) is 48.2 Å². The van der Waals surface area contributed by atoms with Crippen molar-refractivity contribution in [3.8, 4) is 23.3 Å². The van der Waals surface area contributed by atoms with Crippen molar-refractivity contribution >= 4 is 22.6 Å². The number of hydrogen-bond acceptors (Lipinski definition) is 9. The van der Waals surface area contributed by atoms with E-state index in [4.69, 9.17) is 18.9 Å². The van der Waals surface area contributed by atoms with Crippen molar-refractivity contribution in [1.82, 2.24) is 15.0 Å². The Labute approximate surface area is 234 Å². The lowest BCUT2D eigenvalue weighted by Gasteiger charge is -2.14. The fourth-order valence-corrected chi connectivity index (χ4v) is 4.48. The molecule has 11 heteroatoms. The highest BCUT2D eigenvalue weighted by Gasteiger charge is 2.54. The molecule has 41 heavy (non-hydrogen) atoms. The van der Waals surface area contributed by atoms with E-state index in [-0.39, 0.29) is 54.0 Å². The molecule has 212 valence electrons. The number of ketones is 2. The number of hydrogen-bond donors (Lipinski definition) is 0. The minimum Gasteiger partial charge on any atom is -0.485 e. The van der Waals surface area contributed by atoms with Crippen molar-refractivity contribution in [1.29, 1.82) is 0 Å². The van der Waals surface area contributed by atoms with E-state index in [1.807, 2.05) is 0 Å². The van der Waals surface area contributed by atoms with Crippen LogP contribution in [0.4, 0.5) is 8.78 Å². The lowest BCUT2D eigenvalue weighted by molar-refractivity contribution is -0.133. The second kappa shape index (κ2) is 11.9. The summed E-state index contributed by atoms with van der Waals surface area (Å²) in [5.74, 6) is -1.18. The Balaban J connectivity index is 1.29. The Morgan fingerprint density at radius 2 is 1.56 bits per heavy atom. The molecular weight excluding hydrogens is 536 g/mol. The van der Waals surface area contributed by atoms with Crippen molar-refractivity contribution in [3.05, 3.63) is 77.6 Å². The highest BCUT2D eigenvalue weighted by molar-refractivity contribution is 6.10. The molecule has 1 saturated carbocycles. The van der Waals surface area contributed by atoms with Crippen LogP contribution in [0.5, 0.6) is 23.3 Å². The first-order valence-corrected chi connectivity index (χ1v) is 12.9. The number of carbonyl (C=O) groups excluding carboxylic acids is 2. The van der Waals surface area contributed by atoms with Gasteiger partial charge < -0.3 is 18.9 Å². The molecule has 0 N–H and O–H groups in total. The SMILES string of the molecule is COCCOc1cc2ncnc(Oc3ccc(CC(=O)C4(C(=O)Cc5ccc(F)cc5)CC4)cc3F)c2nc1OC. The van der Waals surface area contributed by atoms with Gasteiger partial charge in [0.2, 0.25) is 5.88 Å². The summed E-state index contributed by atoms with van der Waals surface area (Å²) in [7, 11) is 2.99. The van der Waals surface area contributed by atoms with E-state index < -0.39 is 17.0 Å². The third kappa shape index (κ3) is 6.14. The van der Waals surface area contributed by atoms with Gasteiger partial charge >= 0.3 is 0 Å². The number of benzene rings is 2. The summed E-state index contributed by atoms with van der Waals surface area (Å²) >= 11 is 0. The molecule has 2 heterocycles. The van der Waals surface area contributed by atoms with E-state index >= 15 is 4.39 Å². The number of carbonyl (C=O) groups is 2.